The summed E-state index contributed by atoms with van der Waals surface area (Å²) in [6.07, 6.45) is 8.66. The van der Waals surface area contributed by atoms with Crippen LogP contribution in [0.3, 0.4) is 0 Å². The second-order valence-corrected chi connectivity index (χ2v) is 10.9. The SMILES string of the molecule is O=C(CSc1nnc(C2CCCCC2)o1)Nc1ccc(S(=O)(=O)N2CCCCC2)cc1. The van der Waals surface area contributed by atoms with E-state index in [-0.39, 0.29) is 16.6 Å². The van der Waals surface area contributed by atoms with E-state index in [1.165, 1.54) is 35.3 Å². The number of benzene rings is 1. The van der Waals surface area contributed by atoms with Crippen molar-refractivity contribution in [3.8, 4) is 0 Å². The maximum atomic E-state index is 12.7. The molecule has 0 radical (unpaired) electrons. The van der Waals surface area contributed by atoms with Gasteiger partial charge in [0.2, 0.25) is 21.8 Å². The number of amides is 1. The number of nitrogens with one attached hydrogen (secondary N) is 1. The van der Waals surface area contributed by atoms with Crippen molar-refractivity contribution in [2.24, 2.45) is 0 Å². The molecule has 1 aromatic heterocycles. The highest BCUT2D eigenvalue weighted by molar-refractivity contribution is 7.99. The summed E-state index contributed by atoms with van der Waals surface area (Å²) in [4.78, 5) is 12.5. The minimum Gasteiger partial charge on any atom is -0.416 e. The smallest absolute Gasteiger partial charge is 0.277 e. The molecule has 1 amide bonds. The highest BCUT2D eigenvalue weighted by Gasteiger charge is 2.26. The van der Waals surface area contributed by atoms with Crippen LogP contribution in [0.5, 0.6) is 0 Å². The summed E-state index contributed by atoms with van der Waals surface area (Å²) >= 11 is 1.20. The van der Waals surface area contributed by atoms with E-state index in [4.69, 9.17) is 4.42 Å². The number of anilines is 1. The molecule has 1 N–H and O–H groups in total. The number of thioether (sulfide) groups is 1. The lowest BCUT2D eigenvalue weighted by Gasteiger charge is -2.25. The van der Waals surface area contributed by atoms with E-state index in [1.807, 2.05) is 0 Å². The molecule has 0 spiro atoms. The Hall–Kier alpha value is -1.91. The Bertz CT molecular complexity index is 979. The van der Waals surface area contributed by atoms with E-state index in [2.05, 4.69) is 15.5 Å². The lowest BCUT2D eigenvalue weighted by atomic mass is 9.89. The molecule has 0 unspecified atom stereocenters. The topological polar surface area (TPSA) is 105 Å². The number of rotatable bonds is 7. The van der Waals surface area contributed by atoms with Crippen LogP contribution in [0.1, 0.15) is 63.2 Å². The molecule has 1 saturated heterocycles. The Morgan fingerprint density at radius 1 is 1.03 bits per heavy atom. The van der Waals surface area contributed by atoms with Gasteiger partial charge in [-0.2, -0.15) is 4.31 Å². The molecule has 1 aromatic carbocycles. The number of piperidine rings is 1. The monoisotopic (exact) mass is 464 g/mol. The zero-order chi connectivity index (χ0) is 21.7. The van der Waals surface area contributed by atoms with Crippen molar-refractivity contribution in [3.63, 3.8) is 0 Å². The lowest BCUT2D eigenvalue weighted by molar-refractivity contribution is -0.113. The molecule has 8 nitrogen and oxygen atoms in total. The molecule has 2 fully saturated rings. The van der Waals surface area contributed by atoms with Crippen LogP contribution in [0.4, 0.5) is 5.69 Å². The zero-order valence-electron chi connectivity index (χ0n) is 17.5. The second kappa shape index (κ2) is 10.1. The molecule has 1 aliphatic heterocycles. The zero-order valence-corrected chi connectivity index (χ0v) is 19.1. The summed E-state index contributed by atoms with van der Waals surface area (Å²) in [5, 5.41) is 11.4. The van der Waals surface area contributed by atoms with Gasteiger partial charge in [-0.15, -0.1) is 10.2 Å². The molecule has 2 aliphatic rings. The van der Waals surface area contributed by atoms with Crippen LogP contribution in [-0.4, -0.2) is 47.7 Å². The molecule has 2 aromatic rings. The molecular formula is C21H28N4O4S2. The highest BCUT2D eigenvalue weighted by Crippen LogP contribution is 2.33. The number of carbonyl (C=O) groups excluding carboxylic acids is 1. The van der Waals surface area contributed by atoms with E-state index in [9.17, 15) is 13.2 Å². The minimum absolute atomic E-state index is 0.139. The number of aromatic nitrogens is 2. The van der Waals surface area contributed by atoms with Crippen molar-refractivity contribution in [3.05, 3.63) is 30.2 Å². The van der Waals surface area contributed by atoms with E-state index >= 15 is 0 Å². The first-order chi connectivity index (χ1) is 15.0. The van der Waals surface area contributed by atoms with Crippen LogP contribution < -0.4 is 5.32 Å². The fourth-order valence-electron chi connectivity index (χ4n) is 4.08. The van der Waals surface area contributed by atoms with Crippen molar-refractivity contribution in [1.29, 1.82) is 0 Å². The van der Waals surface area contributed by atoms with E-state index in [0.29, 0.717) is 35.8 Å². The lowest BCUT2D eigenvalue weighted by Crippen LogP contribution is -2.35. The Morgan fingerprint density at radius 3 is 2.42 bits per heavy atom. The molecule has 1 aliphatic carbocycles. The Kier molecular flexibility index (Phi) is 7.29. The summed E-state index contributed by atoms with van der Waals surface area (Å²) in [7, 11) is -3.47. The van der Waals surface area contributed by atoms with Crippen molar-refractivity contribution in [1.82, 2.24) is 14.5 Å². The Balaban J connectivity index is 1.28. The fourth-order valence-corrected chi connectivity index (χ4v) is 6.17. The molecule has 4 rings (SSSR count). The summed E-state index contributed by atoms with van der Waals surface area (Å²) in [6, 6.07) is 6.32. The van der Waals surface area contributed by atoms with Gasteiger partial charge in [0.25, 0.3) is 5.22 Å². The Morgan fingerprint density at radius 2 is 1.71 bits per heavy atom. The van der Waals surface area contributed by atoms with Gasteiger partial charge in [-0.1, -0.05) is 37.4 Å². The number of sulfonamides is 1. The largest absolute Gasteiger partial charge is 0.416 e. The van der Waals surface area contributed by atoms with Crippen LogP contribution in [0.25, 0.3) is 0 Å². The quantitative estimate of drug-likeness (QED) is 0.617. The van der Waals surface area contributed by atoms with E-state index in [1.54, 1.807) is 24.3 Å². The van der Waals surface area contributed by atoms with Crippen LogP contribution in [0, 0.1) is 0 Å². The third-order valence-corrected chi connectivity index (χ3v) is 8.53. The molecule has 1 saturated carbocycles. The van der Waals surface area contributed by atoms with Gasteiger partial charge < -0.3 is 9.73 Å². The number of hydrogen-bond acceptors (Lipinski definition) is 7. The van der Waals surface area contributed by atoms with Crippen molar-refractivity contribution >= 4 is 33.4 Å². The van der Waals surface area contributed by atoms with Crippen molar-refractivity contribution < 1.29 is 17.6 Å². The molecule has 0 atom stereocenters. The van der Waals surface area contributed by atoms with Crippen LogP contribution in [0.2, 0.25) is 0 Å². The normalized spacial score (nSPS) is 18.7. The molecule has 31 heavy (non-hydrogen) atoms. The first kappa shape index (κ1) is 22.3. The molecule has 2 heterocycles. The average molecular weight is 465 g/mol. The summed E-state index contributed by atoms with van der Waals surface area (Å²) in [5.41, 5.74) is 0.552. The average Bonchev–Trinajstić information content (AvgIpc) is 3.28. The maximum Gasteiger partial charge on any atom is 0.277 e. The van der Waals surface area contributed by atoms with Gasteiger partial charge in [-0.25, -0.2) is 8.42 Å². The van der Waals surface area contributed by atoms with E-state index in [0.717, 1.165) is 32.1 Å². The molecule has 0 bridgehead atoms. The van der Waals surface area contributed by atoms with E-state index < -0.39 is 10.0 Å². The number of carbonyl (C=O) groups is 1. The summed E-state index contributed by atoms with van der Waals surface area (Å²) in [6.45, 7) is 1.13. The Labute approximate surface area is 187 Å². The third kappa shape index (κ3) is 5.67. The first-order valence-corrected chi connectivity index (χ1v) is 13.3. The van der Waals surface area contributed by atoms with Gasteiger partial charge in [-0.05, 0) is 49.9 Å². The number of nitrogens with zero attached hydrogens (tertiary/aromatic N) is 3. The van der Waals surface area contributed by atoms with Gasteiger partial charge in [0.15, 0.2) is 0 Å². The van der Waals surface area contributed by atoms with Gasteiger partial charge >= 0.3 is 0 Å². The summed E-state index contributed by atoms with van der Waals surface area (Å²) < 4.78 is 32.7. The molecule has 10 heteroatoms. The van der Waals surface area contributed by atoms with Gasteiger partial charge in [0.05, 0.1) is 10.6 Å². The predicted molar refractivity (Wildman–Crippen MR) is 119 cm³/mol. The first-order valence-electron chi connectivity index (χ1n) is 10.9. The van der Waals surface area contributed by atoms with Gasteiger partial charge in [-0.3, -0.25) is 4.79 Å². The van der Waals surface area contributed by atoms with Crippen molar-refractivity contribution in [2.75, 3.05) is 24.2 Å². The summed E-state index contributed by atoms with van der Waals surface area (Å²) in [5.74, 6) is 0.937. The third-order valence-electron chi connectivity index (χ3n) is 5.79. The van der Waals surface area contributed by atoms with Crippen LogP contribution in [0.15, 0.2) is 38.8 Å². The van der Waals surface area contributed by atoms with Crippen LogP contribution >= 0.6 is 11.8 Å². The molecule has 168 valence electrons. The second-order valence-electron chi connectivity index (χ2n) is 8.07. The van der Waals surface area contributed by atoms with Crippen LogP contribution in [-0.2, 0) is 14.8 Å². The standard InChI is InChI=1S/C21H28N4O4S2/c26-19(15-30-21-24-23-20(29-21)16-7-3-1-4-8-16)22-17-9-11-18(12-10-17)31(27,28)25-13-5-2-6-14-25/h9-12,16H,1-8,13-15H2,(H,22,26). The highest BCUT2D eigenvalue weighted by atomic mass is 32.2. The molecular weight excluding hydrogens is 436 g/mol. The van der Waals surface area contributed by atoms with Gasteiger partial charge in [0, 0.05) is 24.7 Å². The predicted octanol–water partition coefficient (Wildman–Crippen LogP) is 4.02. The maximum absolute atomic E-state index is 12.7. The van der Waals surface area contributed by atoms with Gasteiger partial charge in [0.1, 0.15) is 0 Å². The number of hydrogen-bond donors (Lipinski definition) is 1. The fraction of sp³-hybridized carbons (Fsp3) is 0.571. The van der Waals surface area contributed by atoms with Crippen molar-refractivity contribution in [2.45, 2.75) is 67.4 Å². The minimum atomic E-state index is -3.47.